The van der Waals surface area contributed by atoms with Gasteiger partial charge in [-0.1, -0.05) is 78.9 Å². The van der Waals surface area contributed by atoms with E-state index in [-0.39, 0.29) is 17.8 Å². The van der Waals surface area contributed by atoms with Crippen LogP contribution < -0.4 is 11.5 Å². The predicted octanol–water partition coefficient (Wildman–Crippen LogP) is 5.59. The van der Waals surface area contributed by atoms with Crippen molar-refractivity contribution in [2.75, 3.05) is 6.61 Å². The Hall–Kier alpha value is -4.79. The molecule has 5 aromatic rings. The number of aryl methyl sites for hydroxylation is 2. The Morgan fingerprint density at radius 2 is 1.53 bits per heavy atom. The number of amidine groups is 1. The van der Waals surface area contributed by atoms with E-state index in [1.165, 1.54) is 0 Å². The van der Waals surface area contributed by atoms with Gasteiger partial charge in [-0.3, -0.25) is 10.2 Å². The number of hydrogen-bond acceptors (Lipinski definition) is 5. The van der Waals surface area contributed by atoms with Crippen LogP contribution in [0.25, 0.3) is 11.0 Å². The normalized spacial score (nSPS) is 14.6. The summed E-state index contributed by atoms with van der Waals surface area (Å²) in [7, 11) is 0. The van der Waals surface area contributed by atoms with Crippen LogP contribution in [-0.4, -0.2) is 38.9 Å². The Labute approximate surface area is 264 Å². The molecule has 0 radical (unpaired) electrons. The second-order valence-electron chi connectivity index (χ2n) is 11.8. The van der Waals surface area contributed by atoms with Crippen molar-refractivity contribution >= 4 is 22.8 Å². The molecule has 45 heavy (non-hydrogen) atoms. The first-order valence-corrected chi connectivity index (χ1v) is 15.6. The summed E-state index contributed by atoms with van der Waals surface area (Å²) >= 11 is 0. The molecule has 1 aliphatic heterocycles. The minimum Gasteiger partial charge on any atom is -0.384 e. The maximum atomic E-state index is 14.1. The molecule has 0 spiro atoms. The lowest BCUT2D eigenvalue weighted by Gasteiger charge is -2.23. The second kappa shape index (κ2) is 13.9. The lowest BCUT2D eigenvalue weighted by atomic mass is 10.1. The van der Waals surface area contributed by atoms with Crippen LogP contribution in [0.5, 0.6) is 0 Å². The Morgan fingerprint density at radius 3 is 2.20 bits per heavy atom. The van der Waals surface area contributed by atoms with E-state index in [0.29, 0.717) is 25.2 Å². The Morgan fingerprint density at radius 1 is 0.867 bits per heavy atom. The zero-order chi connectivity index (χ0) is 31.2. The van der Waals surface area contributed by atoms with Crippen LogP contribution >= 0.6 is 0 Å². The highest BCUT2D eigenvalue weighted by Gasteiger charge is 2.22. The number of hydrogen-bond donors (Lipinski definition) is 3. The number of nitrogens with zero attached hydrogens (tertiary/aromatic N) is 3. The Bertz CT molecular complexity index is 1760. The maximum absolute atomic E-state index is 14.1. The van der Waals surface area contributed by atoms with E-state index in [1.54, 1.807) is 0 Å². The monoisotopic (exact) mass is 600 g/mol. The highest BCUT2D eigenvalue weighted by molar-refractivity contribution is 5.97. The number of amides is 1. The number of nitrogens with one attached hydrogen (secondary N) is 1. The fourth-order valence-corrected chi connectivity index (χ4v) is 5.99. The number of ether oxygens (including phenoxy) is 1. The SMILES string of the molecule is N=C(N)c1ccc(CCc2nc3cc(C(=O)N(Cc4ccccc4)Cc4ccc(CN)cc4)ccc3n2CC2CCCO2)cc1. The summed E-state index contributed by atoms with van der Waals surface area (Å²) in [4.78, 5) is 21.1. The molecule has 6 rings (SSSR count). The Kier molecular flexibility index (Phi) is 9.33. The van der Waals surface area contributed by atoms with E-state index in [4.69, 9.17) is 26.6 Å². The van der Waals surface area contributed by atoms with E-state index in [1.807, 2.05) is 102 Å². The van der Waals surface area contributed by atoms with Gasteiger partial charge in [0, 0.05) is 43.8 Å². The number of aromatic nitrogens is 2. The van der Waals surface area contributed by atoms with Crippen LogP contribution in [0.15, 0.2) is 97.1 Å². The number of carbonyl (C=O) groups is 1. The van der Waals surface area contributed by atoms with E-state index < -0.39 is 0 Å². The summed E-state index contributed by atoms with van der Waals surface area (Å²) in [5, 5.41) is 7.66. The molecule has 1 saturated heterocycles. The molecule has 5 N–H and O–H groups in total. The predicted molar refractivity (Wildman–Crippen MR) is 178 cm³/mol. The van der Waals surface area contributed by atoms with Gasteiger partial charge in [0.15, 0.2) is 0 Å². The van der Waals surface area contributed by atoms with Crippen LogP contribution in [0.3, 0.4) is 0 Å². The summed E-state index contributed by atoms with van der Waals surface area (Å²) in [6.07, 6.45) is 3.79. The minimum atomic E-state index is -0.0376. The van der Waals surface area contributed by atoms with Crippen molar-refractivity contribution in [1.82, 2.24) is 14.5 Å². The second-order valence-corrected chi connectivity index (χ2v) is 11.8. The molecule has 4 aromatic carbocycles. The summed E-state index contributed by atoms with van der Waals surface area (Å²) in [5.74, 6) is 1.00. The molecule has 1 unspecified atom stereocenters. The molecule has 8 heteroatoms. The lowest BCUT2D eigenvalue weighted by molar-refractivity contribution is 0.0730. The third kappa shape index (κ3) is 7.30. The summed E-state index contributed by atoms with van der Waals surface area (Å²) in [5.41, 5.74) is 18.9. The van der Waals surface area contributed by atoms with E-state index in [2.05, 4.69) is 4.57 Å². The van der Waals surface area contributed by atoms with E-state index in [9.17, 15) is 4.79 Å². The van der Waals surface area contributed by atoms with Crippen LogP contribution in [0.4, 0.5) is 0 Å². The number of nitrogen functional groups attached to an aromatic ring is 1. The quantitative estimate of drug-likeness (QED) is 0.127. The van der Waals surface area contributed by atoms with E-state index in [0.717, 1.165) is 83.5 Å². The van der Waals surface area contributed by atoms with Crippen LogP contribution in [-0.2, 0) is 43.8 Å². The largest absolute Gasteiger partial charge is 0.384 e. The first kappa shape index (κ1) is 30.2. The smallest absolute Gasteiger partial charge is 0.254 e. The number of fused-ring (bicyclic) bond motifs is 1. The first-order valence-electron chi connectivity index (χ1n) is 15.6. The highest BCUT2D eigenvalue weighted by Crippen LogP contribution is 2.25. The van der Waals surface area contributed by atoms with Crippen molar-refractivity contribution in [3.63, 3.8) is 0 Å². The van der Waals surface area contributed by atoms with Gasteiger partial charge in [-0.05, 0) is 59.7 Å². The first-order chi connectivity index (χ1) is 22.0. The van der Waals surface area contributed by atoms with Crippen LogP contribution in [0.1, 0.15) is 56.8 Å². The number of rotatable bonds is 12. The maximum Gasteiger partial charge on any atom is 0.254 e. The number of nitrogens with two attached hydrogens (primary N) is 2. The van der Waals surface area contributed by atoms with Crippen molar-refractivity contribution in [3.8, 4) is 0 Å². The standard InChI is InChI=1S/C37H40N6O2/c38-22-27-8-10-29(11-9-27)24-42(23-28-5-2-1-3-6-28)37(44)31-17-18-34-33(21-31)41-35(43(34)25-32-7-4-20-45-32)19-14-26-12-15-30(16-13-26)36(39)40/h1-3,5-6,8-13,15-18,21,32H,4,7,14,19-20,22-25,38H2,(H3,39,40). The third-order valence-corrected chi connectivity index (χ3v) is 8.52. The molecule has 2 heterocycles. The van der Waals surface area contributed by atoms with Crippen LogP contribution in [0.2, 0.25) is 0 Å². The molecule has 1 aromatic heterocycles. The van der Waals surface area contributed by atoms with Gasteiger partial charge in [0.2, 0.25) is 0 Å². The molecule has 230 valence electrons. The van der Waals surface area contributed by atoms with Gasteiger partial charge in [0.25, 0.3) is 5.91 Å². The Balaban J connectivity index is 1.29. The molecule has 8 nitrogen and oxygen atoms in total. The zero-order valence-corrected chi connectivity index (χ0v) is 25.5. The molecule has 0 saturated carbocycles. The van der Waals surface area contributed by atoms with Gasteiger partial charge in [-0.2, -0.15) is 0 Å². The van der Waals surface area contributed by atoms with Gasteiger partial charge < -0.3 is 25.7 Å². The number of imidazole rings is 1. The summed E-state index contributed by atoms with van der Waals surface area (Å²) < 4.78 is 8.27. The van der Waals surface area contributed by atoms with Gasteiger partial charge in [0.1, 0.15) is 11.7 Å². The van der Waals surface area contributed by atoms with Crippen LogP contribution in [0, 0.1) is 5.41 Å². The van der Waals surface area contributed by atoms with Gasteiger partial charge in [0.05, 0.1) is 23.7 Å². The molecule has 0 bridgehead atoms. The summed E-state index contributed by atoms with van der Waals surface area (Å²) in [6.45, 7) is 3.00. The van der Waals surface area contributed by atoms with Crippen molar-refractivity contribution < 1.29 is 9.53 Å². The third-order valence-electron chi connectivity index (χ3n) is 8.52. The highest BCUT2D eigenvalue weighted by atomic mass is 16.5. The molecular weight excluding hydrogens is 560 g/mol. The van der Waals surface area contributed by atoms with Crippen molar-refractivity contribution in [2.45, 2.75) is 58.0 Å². The molecule has 1 aliphatic rings. The molecule has 0 aliphatic carbocycles. The lowest BCUT2D eigenvalue weighted by Crippen LogP contribution is -2.30. The van der Waals surface area contributed by atoms with Gasteiger partial charge >= 0.3 is 0 Å². The molecular formula is C37H40N6O2. The van der Waals surface area contributed by atoms with E-state index >= 15 is 0 Å². The molecule has 1 amide bonds. The average Bonchev–Trinajstić information content (AvgIpc) is 3.72. The average molecular weight is 601 g/mol. The number of benzene rings is 4. The zero-order valence-electron chi connectivity index (χ0n) is 25.5. The van der Waals surface area contributed by atoms with Crippen molar-refractivity contribution in [1.29, 1.82) is 5.41 Å². The van der Waals surface area contributed by atoms with Crippen molar-refractivity contribution in [2.24, 2.45) is 11.5 Å². The molecule has 1 atom stereocenters. The minimum absolute atomic E-state index is 0.0376. The summed E-state index contributed by atoms with van der Waals surface area (Å²) in [6, 6.07) is 31.9. The van der Waals surface area contributed by atoms with Gasteiger partial charge in [-0.15, -0.1) is 0 Å². The topological polar surface area (TPSA) is 123 Å². The number of carbonyl (C=O) groups excluding carboxylic acids is 1. The van der Waals surface area contributed by atoms with Crippen molar-refractivity contribution in [3.05, 3.63) is 136 Å². The fourth-order valence-electron chi connectivity index (χ4n) is 5.99. The fraction of sp³-hybridized carbons (Fsp3) is 0.270. The van der Waals surface area contributed by atoms with Gasteiger partial charge in [-0.25, -0.2) is 4.98 Å². The molecule has 1 fully saturated rings.